The number of ether oxygens (including phenoxy) is 1. The minimum absolute atomic E-state index is 0.0863. The fourth-order valence-electron chi connectivity index (χ4n) is 2.30. The lowest BCUT2D eigenvalue weighted by Crippen LogP contribution is -2.48. The van der Waals surface area contributed by atoms with Gasteiger partial charge in [-0.1, -0.05) is 6.58 Å². The van der Waals surface area contributed by atoms with Crippen molar-refractivity contribution in [3.63, 3.8) is 0 Å². The Hall–Kier alpha value is -2.09. The van der Waals surface area contributed by atoms with Crippen LogP contribution in [0.1, 0.15) is 27.7 Å². The van der Waals surface area contributed by atoms with Crippen LogP contribution in [0, 0.1) is 0 Å². The molecule has 0 aromatic carbocycles. The molecule has 2 atom stereocenters. The highest BCUT2D eigenvalue weighted by atomic mass is 16.6. The van der Waals surface area contributed by atoms with E-state index in [0.29, 0.717) is 6.54 Å². The Morgan fingerprint density at radius 2 is 2.00 bits per heavy atom. The van der Waals surface area contributed by atoms with Gasteiger partial charge in [0.2, 0.25) is 11.8 Å². The molecule has 0 radical (unpaired) electrons. The van der Waals surface area contributed by atoms with Crippen LogP contribution in [0.4, 0.5) is 4.79 Å². The van der Waals surface area contributed by atoms with Crippen molar-refractivity contribution in [3.8, 4) is 0 Å². The van der Waals surface area contributed by atoms with Gasteiger partial charge >= 0.3 is 6.09 Å². The SMILES string of the molecule is C=CC(=O)N(CC)CC(=O)N[C@@H]1CN(C(=O)OC(C)(C)C)C[C@@H]1O. The number of likely N-dealkylation sites (tertiary alicyclic amines) is 1. The molecule has 3 amide bonds. The summed E-state index contributed by atoms with van der Waals surface area (Å²) in [6.07, 6.45) is -0.271. The molecule has 1 fully saturated rings. The second-order valence-electron chi connectivity index (χ2n) is 6.68. The maximum Gasteiger partial charge on any atom is 0.410 e. The van der Waals surface area contributed by atoms with Crippen molar-refractivity contribution < 1.29 is 24.2 Å². The van der Waals surface area contributed by atoms with E-state index in [9.17, 15) is 19.5 Å². The maximum absolute atomic E-state index is 12.1. The first kappa shape index (κ1) is 20.0. The smallest absolute Gasteiger partial charge is 0.410 e. The lowest BCUT2D eigenvalue weighted by atomic mass is 10.2. The molecule has 1 saturated heterocycles. The number of hydrogen-bond acceptors (Lipinski definition) is 5. The third-order valence-corrected chi connectivity index (χ3v) is 3.49. The molecule has 0 bridgehead atoms. The second kappa shape index (κ2) is 8.14. The fourth-order valence-corrected chi connectivity index (χ4v) is 2.30. The zero-order valence-electron chi connectivity index (χ0n) is 14.7. The first-order valence-electron chi connectivity index (χ1n) is 7.94. The molecule has 1 aliphatic heterocycles. The van der Waals surface area contributed by atoms with Gasteiger partial charge in [0.15, 0.2) is 0 Å². The van der Waals surface area contributed by atoms with Gasteiger partial charge in [0.05, 0.1) is 25.2 Å². The number of carbonyl (C=O) groups is 3. The van der Waals surface area contributed by atoms with Gasteiger partial charge in [-0.15, -0.1) is 0 Å². The van der Waals surface area contributed by atoms with E-state index in [2.05, 4.69) is 11.9 Å². The molecule has 0 spiro atoms. The van der Waals surface area contributed by atoms with Crippen LogP contribution in [0.15, 0.2) is 12.7 Å². The van der Waals surface area contributed by atoms with Crippen molar-refractivity contribution >= 4 is 17.9 Å². The van der Waals surface area contributed by atoms with E-state index in [-0.39, 0.29) is 25.5 Å². The third-order valence-electron chi connectivity index (χ3n) is 3.49. The number of likely N-dealkylation sites (N-methyl/N-ethyl adjacent to an activating group) is 1. The van der Waals surface area contributed by atoms with Crippen LogP contribution in [0.2, 0.25) is 0 Å². The monoisotopic (exact) mass is 341 g/mol. The highest BCUT2D eigenvalue weighted by molar-refractivity contribution is 5.91. The Bertz CT molecular complexity index is 500. The number of nitrogens with zero attached hydrogens (tertiary/aromatic N) is 2. The molecule has 1 aliphatic rings. The summed E-state index contributed by atoms with van der Waals surface area (Å²) in [4.78, 5) is 38.3. The highest BCUT2D eigenvalue weighted by Gasteiger charge is 2.37. The number of aliphatic hydroxyl groups is 1. The number of nitrogens with one attached hydrogen (secondary N) is 1. The van der Waals surface area contributed by atoms with E-state index in [0.717, 1.165) is 6.08 Å². The molecule has 0 aromatic rings. The van der Waals surface area contributed by atoms with Gasteiger partial charge in [0.25, 0.3) is 0 Å². The number of aliphatic hydroxyl groups excluding tert-OH is 1. The molecule has 1 heterocycles. The Morgan fingerprint density at radius 1 is 1.38 bits per heavy atom. The number of β-amino-alcohol motifs (C(OH)–C–C–N with tert-alkyl or cyclic N) is 1. The van der Waals surface area contributed by atoms with Crippen molar-refractivity contribution in [1.29, 1.82) is 0 Å². The molecule has 0 unspecified atom stereocenters. The molecule has 2 N–H and O–H groups in total. The quantitative estimate of drug-likeness (QED) is 0.692. The van der Waals surface area contributed by atoms with Gasteiger partial charge in [-0.25, -0.2) is 4.79 Å². The first-order valence-corrected chi connectivity index (χ1v) is 7.94. The maximum atomic E-state index is 12.1. The highest BCUT2D eigenvalue weighted by Crippen LogP contribution is 2.15. The molecule has 1 rings (SSSR count). The van der Waals surface area contributed by atoms with Crippen LogP contribution in [0.3, 0.4) is 0 Å². The summed E-state index contributed by atoms with van der Waals surface area (Å²) < 4.78 is 5.25. The lowest BCUT2D eigenvalue weighted by molar-refractivity contribution is -0.132. The number of amides is 3. The minimum Gasteiger partial charge on any atom is -0.444 e. The van der Waals surface area contributed by atoms with E-state index < -0.39 is 29.7 Å². The summed E-state index contributed by atoms with van der Waals surface area (Å²) in [5.41, 5.74) is -0.629. The molecule has 8 nitrogen and oxygen atoms in total. The predicted octanol–water partition coefficient (Wildman–Crippen LogP) is 0.117. The van der Waals surface area contributed by atoms with Crippen LogP contribution >= 0.6 is 0 Å². The summed E-state index contributed by atoms with van der Waals surface area (Å²) in [5.74, 6) is -0.739. The first-order chi connectivity index (χ1) is 11.1. The Kier molecular flexibility index (Phi) is 6.77. The Labute approximate surface area is 142 Å². The van der Waals surface area contributed by atoms with Crippen molar-refractivity contribution in [3.05, 3.63) is 12.7 Å². The van der Waals surface area contributed by atoms with Crippen LogP contribution in [-0.2, 0) is 14.3 Å². The fraction of sp³-hybridized carbons (Fsp3) is 0.688. The lowest BCUT2D eigenvalue weighted by Gasteiger charge is -2.24. The van der Waals surface area contributed by atoms with Gasteiger partial charge in [0, 0.05) is 13.1 Å². The van der Waals surface area contributed by atoms with Crippen LogP contribution in [0.5, 0.6) is 0 Å². The van der Waals surface area contributed by atoms with E-state index >= 15 is 0 Å². The Balaban J connectivity index is 2.56. The molecular formula is C16H27N3O5. The average molecular weight is 341 g/mol. The molecular weight excluding hydrogens is 314 g/mol. The Morgan fingerprint density at radius 3 is 2.50 bits per heavy atom. The molecule has 8 heteroatoms. The molecule has 24 heavy (non-hydrogen) atoms. The minimum atomic E-state index is -0.883. The number of carbonyl (C=O) groups excluding carboxylic acids is 3. The summed E-state index contributed by atoms with van der Waals surface area (Å²) in [7, 11) is 0. The van der Waals surface area contributed by atoms with Gasteiger partial charge in [-0.2, -0.15) is 0 Å². The topological polar surface area (TPSA) is 99.2 Å². The normalized spacial score (nSPS) is 20.5. The van der Waals surface area contributed by atoms with Gasteiger partial charge in [-0.05, 0) is 33.8 Å². The zero-order chi connectivity index (χ0) is 18.5. The van der Waals surface area contributed by atoms with Crippen LogP contribution < -0.4 is 5.32 Å². The largest absolute Gasteiger partial charge is 0.444 e. The number of hydrogen-bond donors (Lipinski definition) is 2. The van der Waals surface area contributed by atoms with Crippen molar-refractivity contribution in [2.75, 3.05) is 26.2 Å². The van der Waals surface area contributed by atoms with E-state index in [1.807, 2.05) is 0 Å². The van der Waals surface area contributed by atoms with Crippen molar-refractivity contribution in [1.82, 2.24) is 15.1 Å². The second-order valence-corrected chi connectivity index (χ2v) is 6.68. The molecule has 0 saturated carbocycles. The van der Waals surface area contributed by atoms with Gasteiger partial charge in [0.1, 0.15) is 5.60 Å². The third kappa shape index (κ3) is 5.84. The van der Waals surface area contributed by atoms with Crippen LogP contribution in [-0.4, -0.2) is 76.7 Å². The summed E-state index contributed by atoms with van der Waals surface area (Å²) in [5, 5.41) is 12.7. The van der Waals surface area contributed by atoms with Crippen molar-refractivity contribution in [2.45, 2.75) is 45.4 Å². The van der Waals surface area contributed by atoms with E-state index in [4.69, 9.17) is 4.74 Å². The molecule has 136 valence electrons. The predicted molar refractivity (Wildman–Crippen MR) is 88.2 cm³/mol. The number of rotatable bonds is 5. The zero-order valence-corrected chi connectivity index (χ0v) is 14.7. The summed E-state index contributed by atoms with van der Waals surface area (Å²) in [6.45, 7) is 10.9. The summed E-state index contributed by atoms with van der Waals surface area (Å²) in [6, 6.07) is -0.595. The standard InChI is InChI=1S/C16H27N3O5/c1-6-14(22)18(7-2)10-13(21)17-11-8-19(9-12(11)20)15(23)24-16(3,4)5/h6,11-12,20H,1,7-10H2,2-5H3,(H,17,21)/t11-,12+/m1/s1. The molecule has 0 aromatic heterocycles. The van der Waals surface area contributed by atoms with E-state index in [1.165, 1.54) is 9.80 Å². The van der Waals surface area contributed by atoms with Gasteiger partial charge in [-0.3, -0.25) is 9.59 Å². The van der Waals surface area contributed by atoms with Crippen molar-refractivity contribution in [2.24, 2.45) is 0 Å². The van der Waals surface area contributed by atoms with E-state index in [1.54, 1.807) is 27.7 Å². The molecule has 0 aliphatic carbocycles. The summed E-state index contributed by atoms with van der Waals surface area (Å²) >= 11 is 0. The van der Waals surface area contributed by atoms with Crippen LogP contribution in [0.25, 0.3) is 0 Å². The van der Waals surface area contributed by atoms with Gasteiger partial charge < -0.3 is 25.0 Å². The average Bonchev–Trinajstić information content (AvgIpc) is 2.83.